The number of benzene rings is 1. The predicted molar refractivity (Wildman–Crippen MR) is 90.8 cm³/mol. The Morgan fingerprint density at radius 3 is 2.96 bits per heavy atom. The van der Waals surface area contributed by atoms with Crippen LogP contribution in [-0.2, 0) is 4.74 Å². The molecule has 1 unspecified atom stereocenters. The van der Waals surface area contributed by atoms with Gasteiger partial charge >= 0.3 is 6.09 Å². The van der Waals surface area contributed by atoms with Crippen molar-refractivity contribution in [3.63, 3.8) is 0 Å². The lowest BCUT2D eigenvalue weighted by Crippen LogP contribution is -2.33. The van der Waals surface area contributed by atoms with Crippen LogP contribution in [0.3, 0.4) is 0 Å². The molecule has 0 saturated carbocycles. The lowest BCUT2D eigenvalue weighted by Gasteiger charge is -2.25. The highest BCUT2D eigenvalue weighted by Gasteiger charge is 2.20. The van der Waals surface area contributed by atoms with Gasteiger partial charge in [-0.15, -0.1) is 0 Å². The fraction of sp³-hybridized carbons (Fsp3) is 0.444. The zero-order valence-corrected chi connectivity index (χ0v) is 13.5. The minimum absolute atomic E-state index is 0.0225. The fourth-order valence-corrected chi connectivity index (χ4v) is 3.49. The fourth-order valence-electron chi connectivity index (χ4n) is 3.49. The van der Waals surface area contributed by atoms with E-state index in [0.717, 1.165) is 42.3 Å². The summed E-state index contributed by atoms with van der Waals surface area (Å²) in [6.45, 7) is 1.79. The lowest BCUT2D eigenvalue weighted by atomic mass is 9.98. The van der Waals surface area contributed by atoms with Crippen LogP contribution in [0.4, 0.5) is 4.79 Å². The summed E-state index contributed by atoms with van der Waals surface area (Å²) < 4.78 is 7.86. The van der Waals surface area contributed by atoms with Crippen LogP contribution < -0.4 is 0 Å². The molecule has 2 aliphatic heterocycles. The molecule has 4 rings (SSSR count). The van der Waals surface area contributed by atoms with Crippen LogP contribution >= 0.6 is 0 Å². The van der Waals surface area contributed by atoms with Crippen molar-refractivity contribution in [2.75, 3.05) is 19.7 Å². The molecule has 1 saturated heterocycles. The van der Waals surface area contributed by atoms with E-state index < -0.39 is 6.09 Å². The lowest BCUT2D eigenvalue weighted by molar-refractivity contribution is -0.0366. The third kappa shape index (κ3) is 2.78. The van der Waals surface area contributed by atoms with Gasteiger partial charge in [0.1, 0.15) is 0 Å². The second-order valence-electron chi connectivity index (χ2n) is 6.39. The minimum Gasteiger partial charge on any atom is -0.465 e. The van der Waals surface area contributed by atoms with E-state index in [1.54, 1.807) is 0 Å². The summed E-state index contributed by atoms with van der Waals surface area (Å²) in [4.78, 5) is 12.5. The average Bonchev–Trinajstić information content (AvgIpc) is 3.05. The Hall–Kier alpha value is -2.34. The maximum atomic E-state index is 11.0. The number of hydrogen-bond donors (Lipinski definition) is 1. The molecule has 1 atom stereocenters. The van der Waals surface area contributed by atoms with E-state index in [4.69, 9.17) is 9.84 Å². The molecule has 1 fully saturated rings. The van der Waals surface area contributed by atoms with Crippen LogP contribution in [0.15, 0.2) is 30.5 Å². The first-order chi connectivity index (χ1) is 11.7. The van der Waals surface area contributed by atoms with Crippen molar-refractivity contribution in [1.29, 1.82) is 0 Å². The van der Waals surface area contributed by atoms with Gasteiger partial charge in [0, 0.05) is 25.1 Å². The van der Waals surface area contributed by atoms with Crippen LogP contribution in [0.2, 0.25) is 0 Å². The topological polar surface area (TPSA) is 67.6 Å². The molecule has 0 bridgehead atoms. The standard InChI is InChI=1S/C18H21N3O3/c22-18(23)20-8-6-13(7-9-20)14-4-5-15-12-19-21(16(15)11-14)17-3-1-2-10-24-17/h4-6,11-12,17H,1-3,7-10H2,(H,22,23). The molecule has 3 heterocycles. The number of fused-ring (bicyclic) bond motifs is 1. The smallest absolute Gasteiger partial charge is 0.407 e. The van der Waals surface area contributed by atoms with Gasteiger partial charge in [-0.1, -0.05) is 18.2 Å². The van der Waals surface area contributed by atoms with Crippen molar-refractivity contribution >= 4 is 22.6 Å². The van der Waals surface area contributed by atoms with Crippen LogP contribution in [0.1, 0.15) is 37.5 Å². The van der Waals surface area contributed by atoms with E-state index >= 15 is 0 Å². The molecule has 6 heteroatoms. The van der Waals surface area contributed by atoms with Crippen molar-refractivity contribution in [3.8, 4) is 0 Å². The Labute approximate surface area is 140 Å². The summed E-state index contributed by atoms with van der Waals surface area (Å²) in [5.41, 5.74) is 3.43. The Balaban J connectivity index is 1.64. The van der Waals surface area contributed by atoms with Crippen molar-refractivity contribution in [2.24, 2.45) is 0 Å². The SMILES string of the molecule is O=C(O)N1CC=C(c2ccc3cnn(C4CCCCO4)c3c2)CC1. The van der Waals surface area contributed by atoms with Gasteiger partial charge in [-0.25, -0.2) is 9.48 Å². The highest BCUT2D eigenvalue weighted by molar-refractivity contribution is 5.84. The zero-order chi connectivity index (χ0) is 16.5. The van der Waals surface area contributed by atoms with Gasteiger partial charge in [0.25, 0.3) is 0 Å². The Morgan fingerprint density at radius 2 is 2.25 bits per heavy atom. The zero-order valence-electron chi connectivity index (χ0n) is 13.5. The number of hydrogen-bond acceptors (Lipinski definition) is 3. The van der Waals surface area contributed by atoms with Gasteiger partial charge in [0.2, 0.25) is 0 Å². The third-order valence-electron chi connectivity index (χ3n) is 4.88. The van der Waals surface area contributed by atoms with E-state index in [-0.39, 0.29) is 6.23 Å². The number of nitrogens with zero attached hydrogens (tertiary/aromatic N) is 3. The number of amides is 1. The van der Waals surface area contributed by atoms with E-state index in [2.05, 4.69) is 23.3 Å². The molecule has 1 amide bonds. The minimum atomic E-state index is -0.853. The molecule has 126 valence electrons. The van der Waals surface area contributed by atoms with Crippen molar-refractivity contribution in [1.82, 2.24) is 14.7 Å². The number of carbonyl (C=O) groups is 1. The molecule has 2 aliphatic rings. The summed E-state index contributed by atoms with van der Waals surface area (Å²) in [6.07, 6.45) is 7.09. The van der Waals surface area contributed by atoms with E-state index in [0.29, 0.717) is 13.1 Å². The van der Waals surface area contributed by atoms with Crippen molar-refractivity contribution in [2.45, 2.75) is 31.9 Å². The van der Waals surface area contributed by atoms with Crippen LogP contribution in [-0.4, -0.2) is 45.6 Å². The highest BCUT2D eigenvalue weighted by Crippen LogP contribution is 2.29. The van der Waals surface area contributed by atoms with Crippen LogP contribution in [0.5, 0.6) is 0 Å². The molecule has 1 N–H and O–H groups in total. The number of rotatable bonds is 2. The average molecular weight is 327 g/mol. The molecule has 24 heavy (non-hydrogen) atoms. The van der Waals surface area contributed by atoms with E-state index in [9.17, 15) is 4.79 Å². The van der Waals surface area contributed by atoms with Crippen LogP contribution in [0, 0.1) is 0 Å². The summed E-state index contributed by atoms with van der Waals surface area (Å²) in [7, 11) is 0. The van der Waals surface area contributed by atoms with E-state index in [1.165, 1.54) is 16.9 Å². The van der Waals surface area contributed by atoms with E-state index in [1.807, 2.05) is 17.0 Å². The van der Waals surface area contributed by atoms with Gasteiger partial charge in [0.05, 0.1) is 11.7 Å². The molecule has 0 radical (unpaired) electrons. The predicted octanol–water partition coefficient (Wildman–Crippen LogP) is 3.50. The maximum Gasteiger partial charge on any atom is 0.407 e. The number of ether oxygens (including phenoxy) is 1. The summed E-state index contributed by atoms with van der Waals surface area (Å²) >= 11 is 0. The summed E-state index contributed by atoms with van der Waals surface area (Å²) in [5, 5.41) is 14.7. The monoisotopic (exact) mass is 327 g/mol. The molecule has 6 nitrogen and oxygen atoms in total. The first-order valence-electron chi connectivity index (χ1n) is 8.48. The quantitative estimate of drug-likeness (QED) is 0.916. The molecule has 0 spiro atoms. The molecular weight excluding hydrogens is 306 g/mol. The van der Waals surface area contributed by atoms with Crippen LogP contribution in [0.25, 0.3) is 16.5 Å². The van der Waals surface area contributed by atoms with Gasteiger partial charge in [0.15, 0.2) is 6.23 Å². The second kappa shape index (κ2) is 6.28. The largest absolute Gasteiger partial charge is 0.465 e. The van der Waals surface area contributed by atoms with Crippen molar-refractivity contribution in [3.05, 3.63) is 36.0 Å². The van der Waals surface area contributed by atoms with Gasteiger partial charge in [-0.3, -0.25) is 0 Å². The summed E-state index contributed by atoms with van der Waals surface area (Å²) in [5.74, 6) is 0. The molecule has 1 aromatic heterocycles. The van der Waals surface area contributed by atoms with Gasteiger partial charge in [-0.05, 0) is 42.9 Å². The summed E-state index contributed by atoms with van der Waals surface area (Å²) in [6, 6.07) is 6.34. The highest BCUT2D eigenvalue weighted by atomic mass is 16.5. The Morgan fingerprint density at radius 1 is 1.33 bits per heavy atom. The first kappa shape index (κ1) is 15.2. The molecule has 2 aromatic rings. The molecule has 0 aliphatic carbocycles. The maximum absolute atomic E-state index is 11.0. The van der Waals surface area contributed by atoms with Crippen molar-refractivity contribution < 1.29 is 14.6 Å². The number of aromatic nitrogens is 2. The molecular formula is C18H21N3O3. The normalized spacial score (nSPS) is 21.8. The first-order valence-corrected chi connectivity index (χ1v) is 8.48. The number of carboxylic acid groups (broad SMARTS) is 1. The molecule has 1 aromatic carbocycles. The van der Waals surface area contributed by atoms with Gasteiger partial charge < -0.3 is 14.7 Å². The second-order valence-corrected chi connectivity index (χ2v) is 6.39. The Bertz CT molecular complexity index is 790. The van der Waals surface area contributed by atoms with Gasteiger partial charge in [-0.2, -0.15) is 5.10 Å². The Kier molecular flexibility index (Phi) is 3.98. The third-order valence-corrected chi connectivity index (χ3v) is 4.88.